The van der Waals surface area contributed by atoms with Crippen molar-refractivity contribution in [2.75, 3.05) is 14.2 Å². The molecule has 0 aromatic carbocycles. The fraction of sp³-hybridized carbons (Fsp3) is 0.429. The zero-order valence-electron chi connectivity index (χ0n) is 11.0. The largest absolute Gasteiger partial charge is 0.481 e. The van der Waals surface area contributed by atoms with E-state index < -0.39 is 0 Å². The first-order chi connectivity index (χ1) is 9.31. The molecule has 4 nitrogen and oxygen atoms in total. The van der Waals surface area contributed by atoms with Crippen molar-refractivity contribution in [3.63, 3.8) is 0 Å². The van der Waals surface area contributed by atoms with Crippen molar-refractivity contribution < 1.29 is 9.47 Å². The molecule has 2 heterocycles. The van der Waals surface area contributed by atoms with Gasteiger partial charge in [0.15, 0.2) is 0 Å². The lowest BCUT2D eigenvalue weighted by molar-refractivity contribution is 0.318. The first-order valence-electron chi connectivity index (χ1n) is 6.31. The second kappa shape index (κ2) is 5.17. The van der Waals surface area contributed by atoms with E-state index in [0.717, 1.165) is 12.1 Å². The Bertz CT molecular complexity index is 534. The number of aromatic nitrogens is 2. The molecule has 0 saturated heterocycles. The maximum Gasteiger partial charge on any atom is 0.319 e. The van der Waals surface area contributed by atoms with Crippen LogP contribution in [-0.2, 0) is 0 Å². The average molecular weight is 276 g/mol. The lowest BCUT2D eigenvalue weighted by atomic mass is 9.69. The van der Waals surface area contributed by atoms with Crippen LogP contribution in [0.3, 0.4) is 0 Å². The summed E-state index contributed by atoms with van der Waals surface area (Å²) in [5, 5.41) is 4.36. The summed E-state index contributed by atoms with van der Waals surface area (Å²) in [5.41, 5.74) is 2.43. The molecule has 0 amide bonds. The number of thiophene rings is 1. The quantitative estimate of drug-likeness (QED) is 0.860. The molecule has 0 bridgehead atoms. The van der Waals surface area contributed by atoms with Crippen LogP contribution in [0.25, 0.3) is 0 Å². The zero-order chi connectivity index (χ0) is 13.2. The number of nitrogens with zero attached hydrogens (tertiary/aromatic N) is 2. The Hall–Kier alpha value is -1.62. The van der Waals surface area contributed by atoms with Crippen molar-refractivity contribution in [1.82, 2.24) is 9.97 Å². The number of ether oxygens (including phenoxy) is 2. The predicted octanol–water partition coefficient (Wildman–Crippen LogP) is 3.22. The lowest BCUT2D eigenvalue weighted by Crippen LogP contribution is -2.22. The van der Waals surface area contributed by atoms with Crippen LogP contribution in [0.4, 0.5) is 0 Å². The fourth-order valence-electron chi connectivity index (χ4n) is 2.55. The van der Waals surface area contributed by atoms with Crippen molar-refractivity contribution in [1.29, 1.82) is 0 Å². The fourth-order valence-corrected chi connectivity index (χ4v) is 3.27. The summed E-state index contributed by atoms with van der Waals surface area (Å²) in [4.78, 5) is 8.62. The molecule has 100 valence electrons. The summed E-state index contributed by atoms with van der Waals surface area (Å²) in [6, 6.07) is 4.51. The van der Waals surface area contributed by atoms with E-state index in [4.69, 9.17) is 9.47 Å². The van der Waals surface area contributed by atoms with Crippen molar-refractivity contribution in [3.05, 3.63) is 34.2 Å². The molecule has 19 heavy (non-hydrogen) atoms. The molecule has 1 saturated carbocycles. The van der Waals surface area contributed by atoms with Gasteiger partial charge < -0.3 is 9.47 Å². The molecule has 0 N–H and O–H groups in total. The number of hydrogen-bond donors (Lipinski definition) is 0. The van der Waals surface area contributed by atoms with E-state index in [9.17, 15) is 0 Å². The van der Waals surface area contributed by atoms with E-state index in [1.165, 1.54) is 12.0 Å². The van der Waals surface area contributed by atoms with Crippen LogP contribution < -0.4 is 9.47 Å². The molecule has 5 heteroatoms. The van der Waals surface area contributed by atoms with Crippen molar-refractivity contribution in [2.45, 2.75) is 24.7 Å². The molecule has 0 radical (unpaired) electrons. The molecule has 2 aromatic rings. The summed E-state index contributed by atoms with van der Waals surface area (Å²) in [6.45, 7) is 0. The Morgan fingerprint density at radius 3 is 2.58 bits per heavy atom. The molecule has 2 atom stereocenters. The average Bonchev–Trinajstić information content (AvgIpc) is 2.90. The Morgan fingerprint density at radius 2 is 2.00 bits per heavy atom. The van der Waals surface area contributed by atoms with Gasteiger partial charge in [0, 0.05) is 12.0 Å². The molecule has 3 rings (SSSR count). The van der Waals surface area contributed by atoms with Gasteiger partial charge in [-0.15, -0.1) is 0 Å². The van der Waals surface area contributed by atoms with Crippen LogP contribution >= 0.6 is 11.3 Å². The van der Waals surface area contributed by atoms with Crippen molar-refractivity contribution in [3.8, 4) is 11.9 Å². The van der Waals surface area contributed by atoms with E-state index in [-0.39, 0.29) is 0 Å². The summed E-state index contributed by atoms with van der Waals surface area (Å²) < 4.78 is 10.4. The van der Waals surface area contributed by atoms with E-state index in [1.54, 1.807) is 25.6 Å². The van der Waals surface area contributed by atoms with Crippen molar-refractivity contribution in [2.24, 2.45) is 0 Å². The number of hydrogen-bond acceptors (Lipinski definition) is 5. The zero-order valence-corrected chi connectivity index (χ0v) is 11.8. The summed E-state index contributed by atoms with van der Waals surface area (Å²) in [5.74, 6) is 1.58. The minimum atomic E-state index is 0.380. The number of methoxy groups -OCH3 is 2. The van der Waals surface area contributed by atoms with Gasteiger partial charge in [-0.1, -0.05) is 0 Å². The Balaban J connectivity index is 1.89. The Labute approximate surface area is 116 Å². The summed E-state index contributed by atoms with van der Waals surface area (Å²) in [6.07, 6.45) is 2.37. The molecule has 1 aliphatic rings. The van der Waals surface area contributed by atoms with Crippen LogP contribution in [0.5, 0.6) is 11.9 Å². The predicted molar refractivity (Wildman–Crippen MR) is 74.2 cm³/mol. The normalized spacial score (nSPS) is 21.8. The van der Waals surface area contributed by atoms with E-state index in [2.05, 4.69) is 26.8 Å². The monoisotopic (exact) mass is 276 g/mol. The summed E-state index contributed by atoms with van der Waals surface area (Å²) >= 11 is 1.75. The smallest absolute Gasteiger partial charge is 0.319 e. The second-order valence-electron chi connectivity index (χ2n) is 4.67. The molecule has 2 unspecified atom stereocenters. The molecular formula is C14H16N2O2S. The third-order valence-electron chi connectivity index (χ3n) is 3.72. The van der Waals surface area contributed by atoms with E-state index >= 15 is 0 Å². The standard InChI is InChI=1S/C14H16N2O2S/c1-17-13-7-12(15-14(16-13)18-2)11-4-3-10(11)9-5-6-19-8-9/h5-8,10-11H,3-4H2,1-2H3. The van der Waals surface area contributed by atoms with Crippen LogP contribution in [0, 0.1) is 0 Å². The summed E-state index contributed by atoms with van der Waals surface area (Å²) in [7, 11) is 3.19. The second-order valence-corrected chi connectivity index (χ2v) is 5.45. The minimum absolute atomic E-state index is 0.380. The molecule has 0 aliphatic heterocycles. The SMILES string of the molecule is COc1cc(C2CCC2c2ccsc2)nc(OC)n1. The van der Waals surface area contributed by atoms with Crippen LogP contribution in [0.1, 0.15) is 35.9 Å². The first kappa shape index (κ1) is 12.4. The topological polar surface area (TPSA) is 44.2 Å². The first-order valence-corrected chi connectivity index (χ1v) is 7.25. The highest BCUT2D eigenvalue weighted by molar-refractivity contribution is 7.08. The van der Waals surface area contributed by atoms with Gasteiger partial charge in [0.2, 0.25) is 5.88 Å². The highest BCUT2D eigenvalue weighted by atomic mass is 32.1. The van der Waals surface area contributed by atoms with Gasteiger partial charge in [-0.05, 0) is 41.1 Å². The third-order valence-corrected chi connectivity index (χ3v) is 4.42. The Morgan fingerprint density at radius 1 is 1.16 bits per heavy atom. The van der Waals surface area contributed by atoms with Gasteiger partial charge in [-0.3, -0.25) is 0 Å². The number of rotatable bonds is 4. The highest BCUT2D eigenvalue weighted by Gasteiger charge is 2.35. The van der Waals surface area contributed by atoms with E-state index in [1.807, 2.05) is 6.07 Å². The molecule has 2 aromatic heterocycles. The molecule has 0 spiro atoms. The van der Waals surface area contributed by atoms with Gasteiger partial charge in [0.05, 0.1) is 19.9 Å². The van der Waals surface area contributed by atoms with Gasteiger partial charge in [-0.25, -0.2) is 0 Å². The van der Waals surface area contributed by atoms with Gasteiger partial charge >= 0.3 is 6.01 Å². The lowest BCUT2D eigenvalue weighted by Gasteiger charge is -2.36. The molecule has 1 aliphatic carbocycles. The Kier molecular flexibility index (Phi) is 3.38. The molecule has 1 fully saturated rings. The maximum atomic E-state index is 5.21. The third kappa shape index (κ3) is 2.30. The van der Waals surface area contributed by atoms with Crippen LogP contribution in [0.2, 0.25) is 0 Å². The van der Waals surface area contributed by atoms with Gasteiger partial charge in [0.1, 0.15) is 0 Å². The molecular weight excluding hydrogens is 260 g/mol. The van der Waals surface area contributed by atoms with E-state index in [0.29, 0.717) is 23.7 Å². The highest BCUT2D eigenvalue weighted by Crippen LogP contribution is 2.49. The van der Waals surface area contributed by atoms with Crippen LogP contribution in [-0.4, -0.2) is 24.2 Å². The maximum absolute atomic E-state index is 5.21. The van der Waals surface area contributed by atoms with Gasteiger partial charge in [0.25, 0.3) is 0 Å². The van der Waals surface area contributed by atoms with Crippen LogP contribution in [0.15, 0.2) is 22.9 Å². The minimum Gasteiger partial charge on any atom is -0.481 e. The van der Waals surface area contributed by atoms with Crippen molar-refractivity contribution >= 4 is 11.3 Å². The van der Waals surface area contributed by atoms with Gasteiger partial charge in [-0.2, -0.15) is 21.3 Å².